The highest BCUT2D eigenvalue weighted by Gasteiger charge is 2.51. The van der Waals surface area contributed by atoms with Gasteiger partial charge in [0.15, 0.2) is 0 Å². The normalized spacial score (nSPS) is 32.4. The van der Waals surface area contributed by atoms with Crippen molar-refractivity contribution in [2.45, 2.75) is 80.7 Å². The highest BCUT2D eigenvalue weighted by Crippen LogP contribution is 2.55. The first-order valence-electron chi connectivity index (χ1n) is 11.8. The Labute approximate surface area is 184 Å². The van der Waals surface area contributed by atoms with Crippen LogP contribution in [0.1, 0.15) is 74.6 Å². The summed E-state index contributed by atoms with van der Waals surface area (Å²) in [6, 6.07) is 8.14. The minimum atomic E-state index is 0.0599. The number of nitrogens with zero attached hydrogens (tertiary/aromatic N) is 1. The van der Waals surface area contributed by atoms with Gasteiger partial charge >= 0.3 is 0 Å². The minimum Gasteiger partial charge on any atom is -0.350 e. The summed E-state index contributed by atoms with van der Waals surface area (Å²) < 4.78 is 0. The van der Waals surface area contributed by atoms with E-state index in [-0.39, 0.29) is 17.4 Å². The van der Waals surface area contributed by atoms with E-state index in [9.17, 15) is 9.59 Å². The first kappa shape index (κ1) is 20.4. The van der Waals surface area contributed by atoms with E-state index in [1.807, 2.05) is 36.2 Å². The fraction of sp³-hybridized carbons (Fsp3) is 0.680. The molecule has 5 aliphatic carbocycles. The second-order valence-electron chi connectivity index (χ2n) is 10.4. The van der Waals surface area contributed by atoms with Crippen LogP contribution in [0.25, 0.3) is 0 Å². The van der Waals surface area contributed by atoms with Crippen LogP contribution in [0.15, 0.2) is 29.2 Å². The van der Waals surface area contributed by atoms with Crippen molar-refractivity contribution in [3.8, 4) is 0 Å². The molecule has 162 valence electrons. The molecule has 0 spiro atoms. The van der Waals surface area contributed by atoms with Gasteiger partial charge in [0.25, 0.3) is 5.91 Å². The molecule has 4 nitrogen and oxygen atoms in total. The topological polar surface area (TPSA) is 49.4 Å². The van der Waals surface area contributed by atoms with Crippen molar-refractivity contribution in [2.75, 3.05) is 12.8 Å². The van der Waals surface area contributed by atoms with E-state index >= 15 is 0 Å². The summed E-state index contributed by atoms with van der Waals surface area (Å²) in [5.74, 6) is 3.09. The first-order valence-corrected chi connectivity index (χ1v) is 12.8. The Morgan fingerprint density at radius 2 is 1.63 bits per heavy atom. The maximum absolute atomic E-state index is 13.1. The number of rotatable bonds is 6. The van der Waals surface area contributed by atoms with Crippen molar-refractivity contribution in [1.29, 1.82) is 0 Å². The van der Waals surface area contributed by atoms with Gasteiger partial charge < -0.3 is 10.2 Å². The van der Waals surface area contributed by atoms with E-state index < -0.39 is 0 Å². The SMILES string of the molecule is CN(C(=O)c1ccccc1SCC(=O)NC12CC3CC(CC(C3)C1)C2)C1CCCC1. The maximum atomic E-state index is 13.1. The van der Waals surface area contributed by atoms with Crippen molar-refractivity contribution < 1.29 is 9.59 Å². The fourth-order valence-electron chi connectivity index (χ4n) is 7.16. The minimum absolute atomic E-state index is 0.0599. The summed E-state index contributed by atoms with van der Waals surface area (Å²) in [7, 11) is 1.93. The Balaban J connectivity index is 1.21. The molecule has 0 heterocycles. The predicted octanol–water partition coefficient (Wildman–Crippen LogP) is 4.88. The van der Waals surface area contributed by atoms with E-state index in [1.54, 1.807) is 0 Å². The Morgan fingerprint density at radius 1 is 1.03 bits per heavy atom. The molecule has 0 atom stereocenters. The van der Waals surface area contributed by atoms with Gasteiger partial charge in [0.05, 0.1) is 11.3 Å². The van der Waals surface area contributed by atoms with Crippen molar-refractivity contribution in [1.82, 2.24) is 10.2 Å². The van der Waals surface area contributed by atoms with Crippen LogP contribution in [0.3, 0.4) is 0 Å². The number of thioether (sulfide) groups is 1. The molecule has 0 aromatic heterocycles. The second kappa shape index (κ2) is 8.22. The van der Waals surface area contributed by atoms with Crippen molar-refractivity contribution in [3.05, 3.63) is 29.8 Å². The zero-order valence-corrected chi connectivity index (χ0v) is 18.9. The van der Waals surface area contributed by atoms with Crippen LogP contribution in [0, 0.1) is 17.8 Å². The van der Waals surface area contributed by atoms with Gasteiger partial charge in [-0.05, 0) is 81.3 Å². The van der Waals surface area contributed by atoms with Crippen LogP contribution in [-0.4, -0.2) is 41.1 Å². The lowest BCUT2D eigenvalue weighted by Gasteiger charge is -2.56. The number of carbonyl (C=O) groups excluding carboxylic acids is 2. The molecule has 6 rings (SSSR count). The van der Waals surface area contributed by atoms with Crippen molar-refractivity contribution in [2.24, 2.45) is 17.8 Å². The lowest BCUT2D eigenvalue weighted by atomic mass is 9.53. The maximum Gasteiger partial charge on any atom is 0.254 e. The molecule has 5 heteroatoms. The number of nitrogens with one attached hydrogen (secondary N) is 1. The molecule has 1 aromatic carbocycles. The molecule has 2 amide bonds. The Bertz CT molecular complexity index is 782. The Hall–Kier alpha value is -1.49. The van der Waals surface area contributed by atoms with Gasteiger partial charge in [0.1, 0.15) is 0 Å². The van der Waals surface area contributed by atoms with Gasteiger partial charge in [0, 0.05) is 23.5 Å². The Kier molecular flexibility index (Phi) is 5.59. The Morgan fingerprint density at radius 3 is 2.27 bits per heavy atom. The van der Waals surface area contributed by atoms with Crippen LogP contribution >= 0.6 is 11.8 Å². The van der Waals surface area contributed by atoms with E-state index in [4.69, 9.17) is 0 Å². The number of hydrogen-bond acceptors (Lipinski definition) is 3. The van der Waals surface area contributed by atoms with Crippen LogP contribution in [0.2, 0.25) is 0 Å². The van der Waals surface area contributed by atoms with Crippen molar-refractivity contribution >= 4 is 23.6 Å². The molecule has 0 aliphatic heterocycles. The summed E-state index contributed by atoms with van der Waals surface area (Å²) in [4.78, 5) is 28.8. The third-order valence-corrected chi connectivity index (χ3v) is 9.19. The molecule has 0 radical (unpaired) electrons. The van der Waals surface area contributed by atoms with E-state index in [1.165, 1.54) is 63.1 Å². The van der Waals surface area contributed by atoms with Crippen molar-refractivity contribution in [3.63, 3.8) is 0 Å². The molecular formula is C25H34N2O2S. The molecule has 5 fully saturated rings. The molecule has 5 aliphatic rings. The van der Waals surface area contributed by atoms with Crippen LogP contribution in [0.5, 0.6) is 0 Å². The molecule has 4 bridgehead atoms. The monoisotopic (exact) mass is 426 g/mol. The first-order chi connectivity index (χ1) is 14.5. The standard InChI is InChI=1S/C25H34N2O2S/c1-27(20-6-2-3-7-20)24(29)21-8-4-5-9-22(21)30-16-23(28)26-25-13-17-10-18(14-25)12-19(11-17)15-25/h4-5,8-9,17-20H,2-3,6-7,10-16H2,1H3,(H,26,28). The highest BCUT2D eigenvalue weighted by atomic mass is 32.2. The number of amides is 2. The van der Waals surface area contributed by atoms with Gasteiger partial charge in [-0.25, -0.2) is 0 Å². The molecular weight excluding hydrogens is 392 g/mol. The average Bonchev–Trinajstić information content (AvgIpc) is 3.25. The third kappa shape index (κ3) is 4.02. The third-order valence-electron chi connectivity index (χ3n) is 8.11. The molecule has 0 saturated heterocycles. The van der Waals surface area contributed by atoms with Gasteiger partial charge in [0.2, 0.25) is 5.91 Å². The number of benzene rings is 1. The zero-order valence-electron chi connectivity index (χ0n) is 18.1. The smallest absolute Gasteiger partial charge is 0.254 e. The van der Waals surface area contributed by atoms with Gasteiger partial charge in [-0.15, -0.1) is 11.8 Å². The molecule has 1 aromatic rings. The van der Waals surface area contributed by atoms with Gasteiger partial charge in [-0.3, -0.25) is 9.59 Å². The molecule has 1 N–H and O–H groups in total. The summed E-state index contributed by atoms with van der Waals surface area (Å²) in [5, 5.41) is 3.46. The molecule has 5 saturated carbocycles. The summed E-state index contributed by atoms with van der Waals surface area (Å²) in [5.41, 5.74) is 0.796. The van der Waals surface area contributed by atoms with Crippen LogP contribution < -0.4 is 5.32 Å². The van der Waals surface area contributed by atoms with E-state index in [0.717, 1.165) is 41.1 Å². The van der Waals surface area contributed by atoms with Gasteiger partial charge in [-0.2, -0.15) is 0 Å². The summed E-state index contributed by atoms with van der Waals surface area (Å²) in [6.45, 7) is 0. The lowest BCUT2D eigenvalue weighted by molar-refractivity contribution is -0.124. The van der Waals surface area contributed by atoms with Gasteiger partial charge in [-0.1, -0.05) is 25.0 Å². The largest absolute Gasteiger partial charge is 0.350 e. The highest BCUT2D eigenvalue weighted by molar-refractivity contribution is 8.00. The van der Waals surface area contributed by atoms with Crippen LogP contribution in [-0.2, 0) is 4.79 Å². The zero-order chi connectivity index (χ0) is 20.7. The number of hydrogen-bond donors (Lipinski definition) is 1. The summed E-state index contributed by atoms with van der Waals surface area (Å²) >= 11 is 1.51. The predicted molar refractivity (Wildman–Crippen MR) is 121 cm³/mol. The van der Waals surface area contributed by atoms with E-state index in [2.05, 4.69) is 5.32 Å². The second-order valence-corrected chi connectivity index (χ2v) is 11.4. The fourth-order valence-corrected chi connectivity index (χ4v) is 8.00. The molecule has 0 unspecified atom stereocenters. The molecule has 30 heavy (non-hydrogen) atoms. The lowest BCUT2D eigenvalue weighted by Crippen LogP contribution is -2.60. The number of carbonyl (C=O) groups is 2. The average molecular weight is 427 g/mol. The summed E-state index contributed by atoms with van der Waals surface area (Å²) in [6.07, 6.45) is 12.3. The van der Waals surface area contributed by atoms with E-state index in [0.29, 0.717) is 11.8 Å². The van der Waals surface area contributed by atoms with Crippen LogP contribution in [0.4, 0.5) is 0 Å². The quantitative estimate of drug-likeness (QED) is 0.660.